The first-order valence-electron chi connectivity index (χ1n) is 5.88. The Morgan fingerprint density at radius 1 is 1.45 bits per heavy atom. The van der Waals surface area contributed by atoms with Gasteiger partial charge in [-0.3, -0.25) is 4.79 Å². The standard InChI is InChI=1S/C11H18N4O4S/c1-2-15-20(18,19)7-3-4-8(12)9(5-7)14-6-10(16)11(13)17/h3-5,10,14-16H,2,6,12H2,1H3,(H2,13,17). The van der Waals surface area contributed by atoms with Crippen molar-refractivity contribution in [2.45, 2.75) is 17.9 Å². The zero-order valence-corrected chi connectivity index (χ0v) is 11.8. The summed E-state index contributed by atoms with van der Waals surface area (Å²) in [6.45, 7) is 1.76. The molecule has 0 spiro atoms. The van der Waals surface area contributed by atoms with Gasteiger partial charge in [0.2, 0.25) is 15.9 Å². The van der Waals surface area contributed by atoms with Crippen LogP contribution in [-0.2, 0) is 14.8 Å². The number of aliphatic hydroxyl groups is 1. The molecule has 1 aromatic rings. The molecule has 0 heterocycles. The minimum absolute atomic E-state index is 0.0321. The number of sulfonamides is 1. The van der Waals surface area contributed by atoms with Gasteiger partial charge in [-0.25, -0.2) is 13.1 Å². The first kappa shape index (κ1) is 16.2. The van der Waals surface area contributed by atoms with Crippen LogP contribution in [0.1, 0.15) is 6.92 Å². The Morgan fingerprint density at radius 3 is 2.65 bits per heavy atom. The van der Waals surface area contributed by atoms with Crippen LogP contribution in [-0.4, -0.2) is 38.6 Å². The van der Waals surface area contributed by atoms with E-state index in [2.05, 4.69) is 10.0 Å². The number of benzene rings is 1. The zero-order valence-electron chi connectivity index (χ0n) is 11.0. The van der Waals surface area contributed by atoms with Crippen molar-refractivity contribution in [3.63, 3.8) is 0 Å². The predicted octanol–water partition coefficient (Wildman–Crippen LogP) is -1.17. The number of nitrogen functional groups attached to an aromatic ring is 1. The number of nitrogens with one attached hydrogen (secondary N) is 2. The molecule has 7 N–H and O–H groups in total. The van der Waals surface area contributed by atoms with Crippen LogP contribution in [0.4, 0.5) is 11.4 Å². The van der Waals surface area contributed by atoms with Gasteiger partial charge in [-0.2, -0.15) is 0 Å². The fraction of sp³-hybridized carbons (Fsp3) is 0.364. The Kier molecular flexibility index (Phi) is 5.31. The zero-order chi connectivity index (χ0) is 15.3. The molecule has 0 aliphatic carbocycles. The molecule has 1 amide bonds. The second-order valence-corrected chi connectivity index (χ2v) is 5.82. The summed E-state index contributed by atoms with van der Waals surface area (Å²) in [6.07, 6.45) is -1.39. The largest absolute Gasteiger partial charge is 0.397 e. The summed E-state index contributed by atoms with van der Waals surface area (Å²) in [5.74, 6) is -0.882. The van der Waals surface area contributed by atoms with E-state index in [1.54, 1.807) is 6.92 Å². The Hall–Kier alpha value is -1.84. The topological polar surface area (TPSA) is 148 Å². The number of hydrogen-bond acceptors (Lipinski definition) is 6. The number of amides is 1. The van der Waals surface area contributed by atoms with E-state index < -0.39 is 22.0 Å². The highest BCUT2D eigenvalue weighted by Crippen LogP contribution is 2.22. The molecule has 112 valence electrons. The molecule has 9 heteroatoms. The van der Waals surface area contributed by atoms with Crippen LogP contribution in [0.15, 0.2) is 23.1 Å². The number of primary amides is 1. The summed E-state index contributed by atoms with van der Waals surface area (Å²) in [4.78, 5) is 10.7. The van der Waals surface area contributed by atoms with Crippen LogP contribution in [0.5, 0.6) is 0 Å². The van der Waals surface area contributed by atoms with Gasteiger partial charge in [-0.05, 0) is 18.2 Å². The van der Waals surface area contributed by atoms with E-state index in [1.165, 1.54) is 18.2 Å². The normalized spacial score (nSPS) is 12.9. The Morgan fingerprint density at radius 2 is 2.10 bits per heavy atom. The smallest absolute Gasteiger partial charge is 0.248 e. The van der Waals surface area contributed by atoms with Crippen molar-refractivity contribution >= 4 is 27.3 Å². The van der Waals surface area contributed by atoms with Crippen LogP contribution < -0.4 is 21.5 Å². The van der Waals surface area contributed by atoms with Crippen molar-refractivity contribution in [3.05, 3.63) is 18.2 Å². The molecule has 20 heavy (non-hydrogen) atoms. The molecule has 1 unspecified atom stereocenters. The van der Waals surface area contributed by atoms with Gasteiger partial charge in [0.1, 0.15) is 6.10 Å². The number of rotatable bonds is 7. The lowest BCUT2D eigenvalue weighted by atomic mass is 10.2. The summed E-state index contributed by atoms with van der Waals surface area (Å²) in [7, 11) is -3.60. The number of nitrogens with two attached hydrogens (primary N) is 2. The van der Waals surface area contributed by atoms with E-state index in [0.29, 0.717) is 5.69 Å². The predicted molar refractivity (Wildman–Crippen MR) is 75.4 cm³/mol. The van der Waals surface area contributed by atoms with E-state index in [-0.39, 0.29) is 23.7 Å². The first-order chi connectivity index (χ1) is 9.27. The maximum atomic E-state index is 11.8. The summed E-state index contributed by atoms with van der Waals surface area (Å²) >= 11 is 0. The minimum Gasteiger partial charge on any atom is -0.397 e. The van der Waals surface area contributed by atoms with Gasteiger partial charge in [0.05, 0.1) is 16.3 Å². The average Bonchev–Trinajstić information content (AvgIpc) is 2.36. The quantitative estimate of drug-likeness (QED) is 0.401. The molecule has 0 radical (unpaired) electrons. The van der Waals surface area contributed by atoms with Crippen molar-refractivity contribution in [3.8, 4) is 0 Å². The number of carbonyl (C=O) groups is 1. The molecule has 0 aromatic heterocycles. The monoisotopic (exact) mass is 302 g/mol. The van der Waals surface area contributed by atoms with Gasteiger partial charge in [-0.1, -0.05) is 6.92 Å². The van der Waals surface area contributed by atoms with Gasteiger partial charge < -0.3 is 21.9 Å². The lowest BCUT2D eigenvalue weighted by Gasteiger charge is -2.13. The van der Waals surface area contributed by atoms with E-state index in [0.717, 1.165) is 0 Å². The van der Waals surface area contributed by atoms with Gasteiger partial charge in [-0.15, -0.1) is 0 Å². The Bertz CT molecular complexity index is 588. The molecular formula is C11H18N4O4S. The second kappa shape index (κ2) is 6.55. The molecule has 1 aromatic carbocycles. The molecule has 0 fully saturated rings. The van der Waals surface area contributed by atoms with Crippen LogP contribution >= 0.6 is 0 Å². The average molecular weight is 302 g/mol. The molecule has 1 rings (SSSR count). The maximum absolute atomic E-state index is 11.8. The number of hydrogen-bond donors (Lipinski definition) is 5. The first-order valence-corrected chi connectivity index (χ1v) is 7.36. The molecule has 0 aliphatic heterocycles. The maximum Gasteiger partial charge on any atom is 0.248 e. The third-order valence-corrected chi connectivity index (χ3v) is 4.03. The summed E-state index contributed by atoms with van der Waals surface area (Å²) in [5.41, 5.74) is 11.2. The summed E-state index contributed by atoms with van der Waals surface area (Å²) < 4.78 is 26.0. The highest BCUT2D eigenvalue weighted by molar-refractivity contribution is 7.89. The lowest BCUT2D eigenvalue weighted by Crippen LogP contribution is -2.34. The highest BCUT2D eigenvalue weighted by atomic mass is 32.2. The van der Waals surface area contributed by atoms with Crippen LogP contribution in [0.25, 0.3) is 0 Å². The number of anilines is 2. The van der Waals surface area contributed by atoms with Gasteiger partial charge in [0.25, 0.3) is 0 Å². The van der Waals surface area contributed by atoms with Crippen molar-refractivity contribution in [2.75, 3.05) is 24.1 Å². The number of carbonyl (C=O) groups excluding carboxylic acids is 1. The molecule has 8 nitrogen and oxygen atoms in total. The molecule has 0 bridgehead atoms. The minimum atomic E-state index is -3.60. The third kappa shape index (κ3) is 4.08. The van der Waals surface area contributed by atoms with Crippen LogP contribution in [0.2, 0.25) is 0 Å². The van der Waals surface area contributed by atoms with Crippen molar-refractivity contribution in [2.24, 2.45) is 5.73 Å². The van der Waals surface area contributed by atoms with Gasteiger partial charge in [0, 0.05) is 13.1 Å². The van der Waals surface area contributed by atoms with Gasteiger partial charge in [0.15, 0.2) is 0 Å². The fourth-order valence-corrected chi connectivity index (χ4v) is 2.50. The summed E-state index contributed by atoms with van der Waals surface area (Å²) in [5, 5.41) is 12.0. The highest BCUT2D eigenvalue weighted by Gasteiger charge is 2.15. The molecule has 0 saturated carbocycles. The fourth-order valence-electron chi connectivity index (χ4n) is 1.44. The van der Waals surface area contributed by atoms with Crippen LogP contribution in [0.3, 0.4) is 0 Å². The Balaban J connectivity index is 2.95. The van der Waals surface area contributed by atoms with Crippen molar-refractivity contribution in [1.82, 2.24) is 4.72 Å². The third-order valence-electron chi connectivity index (χ3n) is 2.48. The SMILES string of the molecule is CCNS(=O)(=O)c1ccc(N)c(NCC(O)C(N)=O)c1. The van der Waals surface area contributed by atoms with Crippen molar-refractivity contribution in [1.29, 1.82) is 0 Å². The molecule has 1 atom stereocenters. The van der Waals surface area contributed by atoms with E-state index in [9.17, 15) is 18.3 Å². The molecule has 0 aliphatic rings. The molecule has 0 saturated heterocycles. The van der Waals surface area contributed by atoms with Crippen LogP contribution in [0, 0.1) is 0 Å². The van der Waals surface area contributed by atoms with E-state index >= 15 is 0 Å². The van der Waals surface area contributed by atoms with Crippen molar-refractivity contribution < 1.29 is 18.3 Å². The Labute approximate surface area is 117 Å². The van der Waals surface area contributed by atoms with Gasteiger partial charge >= 0.3 is 0 Å². The summed E-state index contributed by atoms with van der Waals surface area (Å²) in [6, 6.07) is 4.10. The van der Waals surface area contributed by atoms with E-state index in [4.69, 9.17) is 11.5 Å². The number of aliphatic hydroxyl groups excluding tert-OH is 1. The second-order valence-electron chi connectivity index (χ2n) is 4.05. The lowest BCUT2D eigenvalue weighted by molar-refractivity contribution is -0.125. The van der Waals surface area contributed by atoms with E-state index in [1.807, 2.05) is 0 Å². The molecular weight excluding hydrogens is 284 g/mol.